The zero-order valence-electron chi connectivity index (χ0n) is 10.4. The molecule has 0 saturated carbocycles. The van der Waals surface area contributed by atoms with Gasteiger partial charge in [-0.2, -0.15) is 0 Å². The van der Waals surface area contributed by atoms with Crippen LogP contribution in [0.15, 0.2) is 16.6 Å². The third-order valence-corrected chi connectivity index (χ3v) is 3.20. The number of fused-ring (bicyclic) bond motifs is 1. The van der Waals surface area contributed by atoms with Gasteiger partial charge in [-0.05, 0) is 35.0 Å². The molecular weight excluding hydrogens is 316 g/mol. The highest BCUT2D eigenvalue weighted by atomic mass is 79.9. The van der Waals surface area contributed by atoms with Gasteiger partial charge in [-0.3, -0.25) is 9.59 Å². The third-order valence-electron chi connectivity index (χ3n) is 2.61. The van der Waals surface area contributed by atoms with Crippen LogP contribution in [0.2, 0.25) is 0 Å². The Hall–Kier alpha value is -1.56. The van der Waals surface area contributed by atoms with Crippen LogP contribution in [0.5, 0.6) is 11.5 Å². The predicted octanol–water partition coefficient (Wildman–Crippen LogP) is 2.70. The van der Waals surface area contributed by atoms with Crippen LogP contribution in [0.4, 0.5) is 0 Å². The Morgan fingerprint density at radius 2 is 2.11 bits per heavy atom. The Balaban J connectivity index is 2.04. The largest absolute Gasteiger partial charge is 0.466 e. The molecule has 0 bridgehead atoms. The van der Waals surface area contributed by atoms with Crippen LogP contribution in [0, 0.1) is 0 Å². The van der Waals surface area contributed by atoms with Crippen LogP contribution in [0.25, 0.3) is 0 Å². The van der Waals surface area contributed by atoms with Crippen LogP contribution >= 0.6 is 15.9 Å². The smallest absolute Gasteiger partial charge is 0.306 e. The SMILES string of the molecule is CCOC(=O)CCC(=O)c1cc(Br)c2c(c1)OCO2. The minimum absolute atomic E-state index is 0.0821. The van der Waals surface area contributed by atoms with Crippen LogP contribution in [0.1, 0.15) is 30.1 Å². The van der Waals surface area contributed by atoms with Gasteiger partial charge < -0.3 is 14.2 Å². The Kier molecular flexibility index (Phi) is 4.42. The van der Waals surface area contributed by atoms with Gasteiger partial charge in [0, 0.05) is 12.0 Å². The maximum absolute atomic E-state index is 12.0. The van der Waals surface area contributed by atoms with E-state index in [0.29, 0.717) is 28.1 Å². The van der Waals surface area contributed by atoms with Crippen molar-refractivity contribution in [3.8, 4) is 11.5 Å². The summed E-state index contributed by atoms with van der Waals surface area (Å²) < 4.78 is 15.9. The van der Waals surface area contributed by atoms with Gasteiger partial charge in [0.2, 0.25) is 6.79 Å². The predicted molar refractivity (Wildman–Crippen MR) is 70.5 cm³/mol. The first-order chi connectivity index (χ1) is 9.11. The van der Waals surface area contributed by atoms with Gasteiger partial charge in [0.1, 0.15) is 0 Å². The summed E-state index contributed by atoms with van der Waals surface area (Å²) in [4.78, 5) is 23.2. The van der Waals surface area contributed by atoms with Crippen molar-refractivity contribution >= 4 is 27.7 Å². The first-order valence-corrected chi connectivity index (χ1v) is 6.69. The molecule has 1 aliphatic rings. The Morgan fingerprint density at radius 1 is 1.32 bits per heavy atom. The lowest BCUT2D eigenvalue weighted by molar-refractivity contribution is -0.143. The van der Waals surface area contributed by atoms with E-state index >= 15 is 0 Å². The average Bonchev–Trinajstić information content (AvgIpc) is 2.85. The van der Waals surface area contributed by atoms with Crippen molar-refractivity contribution in [1.29, 1.82) is 0 Å². The summed E-state index contributed by atoms with van der Waals surface area (Å²) in [6.07, 6.45) is 0.198. The molecule has 1 heterocycles. The highest BCUT2D eigenvalue weighted by molar-refractivity contribution is 9.10. The molecule has 19 heavy (non-hydrogen) atoms. The van der Waals surface area contributed by atoms with E-state index in [0.717, 1.165) is 0 Å². The van der Waals surface area contributed by atoms with Crippen molar-refractivity contribution in [2.24, 2.45) is 0 Å². The fraction of sp³-hybridized carbons (Fsp3) is 0.385. The normalized spacial score (nSPS) is 12.3. The molecule has 2 rings (SSSR count). The molecule has 0 unspecified atom stereocenters. The summed E-state index contributed by atoms with van der Waals surface area (Å²) in [5.74, 6) is 0.638. The van der Waals surface area contributed by atoms with Crippen molar-refractivity contribution in [3.05, 3.63) is 22.2 Å². The van der Waals surface area contributed by atoms with Crippen LogP contribution in [-0.4, -0.2) is 25.2 Å². The minimum atomic E-state index is -0.365. The van der Waals surface area contributed by atoms with E-state index in [9.17, 15) is 9.59 Å². The molecule has 0 amide bonds. The number of halogens is 1. The van der Waals surface area contributed by atoms with Crippen LogP contribution in [0.3, 0.4) is 0 Å². The van der Waals surface area contributed by atoms with Crippen LogP contribution < -0.4 is 9.47 Å². The number of hydrogen-bond acceptors (Lipinski definition) is 5. The summed E-state index contributed by atoms with van der Waals surface area (Å²) in [5.41, 5.74) is 0.487. The van der Waals surface area contributed by atoms with Gasteiger partial charge in [-0.25, -0.2) is 0 Å². The second-order valence-electron chi connectivity index (χ2n) is 3.92. The lowest BCUT2D eigenvalue weighted by atomic mass is 10.1. The lowest BCUT2D eigenvalue weighted by Gasteiger charge is -2.05. The van der Waals surface area contributed by atoms with E-state index in [4.69, 9.17) is 14.2 Å². The second-order valence-corrected chi connectivity index (χ2v) is 4.77. The van der Waals surface area contributed by atoms with E-state index in [1.807, 2.05) is 0 Å². The molecule has 0 aliphatic carbocycles. The molecule has 5 nitrogen and oxygen atoms in total. The number of rotatable bonds is 5. The summed E-state index contributed by atoms with van der Waals surface area (Å²) in [7, 11) is 0. The summed E-state index contributed by atoms with van der Waals surface area (Å²) in [5, 5.41) is 0. The number of esters is 1. The first kappa shape index (κ1) is 13.9. The number of carbonyl (C=O) groups is 2. The molecule has 0 N–H and O–H groups in total. The standard InChI is InChI=1S/C13H13BrO5/c1-2-17-12(16)4-3-10(15)8-5-9(14)13-11(6-8)18-7-19-13/h5-6H,2-4,7H2,1H3. The molecular formula is C13H13BrO5. The van der Waals surface area contributed by atoms with Crippen molar-refractivity contribution in [2.75, 3.05) is 13.4 Å². The highest BCUT2D eigenvalue weighted by Crippen LogP contribution is 2.40. The Bertz CT molecular complexity index is 512. The molecule has 6 heteroatoms. The fourth-order valence-corrected chi connectivity index (χ4v) is 2.28. The highest BCUT2D eigenvalue weighted by Gasteiger charge is 2.20. The monoisotopic (exact) mass is 328 g/mol. The van der Waals surface area contributed by atoms with Gasteiger partial charge in [-0.15, -0.1) is 0 Å². The molecule has 0 fully saturated rings. The van der Waals surface area contributed by atoms with Gasteiger partial charge in [0.25, 0.3) is 0 Å². The average molecular weight is 329 g/mol. The molecule has 1 aromatic carbocycles. The van der Waals surface area contributed by atoms with Crippen molar-refractivity contribution < 1.29 is 23.8 Å². The molecule has 0 radical (unpaired) electrons. The Labute approximate surface area is 119 Å². The Morgan fingerprint density at radius 3 is 2.84 bits per heavy atom. The second kappa shape index (κ2) is 6.06. The van der Waals surface area contributed by atoms with Crippen molar-refractivity contribution in [1.82, 2.24) is 0 Å². The zero-order chi connectivity index (χ0) is 13.8. The molecule has 102 valence electrons. The fourth-order valence-electron chi connectivity index (χ4n) is 1.72. The van der Waals surface area contributed by atoms with Gasteiger partial charge in [-0.1, -0.05) is 0 Å². The van der Waals surface area contributed by atoms with Crippen molar-refractivity contribution in [3.63, 3.8) is 0 Å². The quantitative estimate of drug-likeness (QED) is 0.614. The van der Waals surface area contributed by atoms with E-state index in [-0.39, 0.29) is 31.4 Å². The van der Waals surface area contributed by atoms with Crippen LogP contribution in [-0.2, 0) is 9.53 Å². The number of benzene rings is 1. The summed E-state index contributed by atoms with van der Waals surface area (Å²) in [6, 6.07) is 3.29. The van der Waals surface area contributed by atoms with Gasteiger partial charge in [0.05, 0.1) is 17.5 Å². The molecule has 1 aromatic rings. The number of ketones is 1. The molecule has 0 spiro atoms. The first-order valence-electron chi connectivity index (χ1n) is 5.89. The summed E-state index contributed by atoms with van der Waals surface area (Å²) >= 11 is 3.32. The number of carbonyl (C=O) groups excluding carboxylic acids is 2. The van der Waals surface area contributed by atoms with E-state index in [1.165, 1.54) is 0 Å². The van der Waals surface area contributed by atoms with E-state index < -0.39 is 0 Å². The number of Topliss-reactive ketones (excluding diaryl/α,β-unsaturated/α-hetero) is 1. The molecule has 1 aliphatic heterocycles. The molecule has 0 saturated heterocycles. The number of ether oxygens (including phenoxy) is 3. The maximum Gasteiger partial charge on any atom is 0.306 e. The number of hydrogen-bond donors (Lipinski definition) is 0. The van der Waals surface area contributed by atoms with E-state index in [2.05, 4.69) is 15.9 Å². The third kappa shape index (κ3) is 3.26. The summed E-state index contributed by atoms with van der Waals surface area (Å²) in [6.45, 7) is 2.20. The minimum Gasteiger partial charge on any atom is -0.466 e. The topological polar surface area (TPSA) is 61.8 Å². The molecule has 0 atom stereocenters. The maximum atomic E-state index is 12.0. The van der Waals surface area contributed by atoms with Gasteiger partial charge >= 0.3 is 5.97 Å². The van der Waals surface area contributed by atoms with Gasteiger partial charge in [0.15, 0.2) is 17.3 Å². The molecule has 0 aromatic heterocycles. The zero-order valence-corrected chi connectivity index (χ0v) is 12.0. The van der Waals surface area contributed by atoms with Crippen molar-refractivity contribution in [2.45, 2.75) is 19.8 Å². The van der Waals surface area contributed by atoms with E-state index in [1.54, 1.807) is 19.1 Å². The lowest BCUT2D eigenvalue weighted by Crippen LogP contribution is -2.08.